The lowest BCUT2D eigenvalue weighted by molar-refractivity contribution is -0.137. The number of halogens is 1. The highest BCUT2D eigenvalue weighted by atomic mass is 35.5. The number of ketones is 1. The van der Waals surface area contributed by atoms with E-state index in [1.807, 2.05) is 0 Å². The molecule has 0 aliphatic rings. The summed E-state index contributed by atoms with van der Waals surface area (Å²) in [5.41, 5.74) is 0.307. The first-order valence-corrected chi connectivity index (χ1v) is 6.43. The first-order chi connectivity index (χ1) is 9.38. The number of Topliss-reactive ketones (excluding diaryl/α,β-unsaturated/α-hetero) is 1. The zero-order chi connectivity index (χ0) is 15.3. The highest BCUT2D eigenvalue weighted by Gasteiger charge is 2.19. The van der Waals surface area contributed by atoms with Crippen LogP contribution in [0.1, 0.15) is 30.1 Å². The Labute approximate surface area is 122 Å². The van der Waals surface area contributed by atoms with Crippen LogP contribution < -0.4 is 9.47 Å². The number of carboxylic acids is 1. The fraction of sp³-hybridized carbons (Fsp3) is 0.429. The summed E-state index contributed by atoms with van der Waals surface area (Å²) in [5, 5.41) is 8.96. The second-order valence-corrected chi connectivity index (χ2v) is 4.92. The van der Waals surface area contributed by atoms with Gasteiger partial charge in [0, 0.05) is 24.5 Å². The minimum absolute atomic E-state index is 0.0589. The van der Waals surface area contributed by atoms with E-state index in [2.05, 4.69) is 0 Å². The number of carbonyl (C=O) groups is 2. The van der Waals surface area contributed by atoms with Crippen molar-refractivity contribution >= 4 is 23.4 Å². The zero-order valence-electron chi connectivity index (χ0n) is 11.6. The third kappa shape index (κ3) is 4.13. The Kier molecular flexibility index (Phi) is 5.82. The van der Waals surface area contributed by atoms with E-state index in [0.29, 0.717) is 17.1 Å². The Morgan fingerprint density at radius 3 is 2.25 bits per heavy atom. The first kappa shape index (κ1) is 16.3. The Bertz CT molecular complexity index is 513. The number of carbonyl (C=O) groups excluding carboxylic acids is 1. The van der Waals surface area contributed by atoms with Gasteiger partial charge in [0.15, 0.2) is 17.3 Å². The zero-order valence-corrected chi connectivity index (χ0v) is 12.4. The molecule has 0 spiro atoms. The van der Waals surface area contributed by atoms with E-state index in [1.165, 1.54) is 26.4 Å². The minimum atomic E-state index is -0.927. The summed E-state index contributed by atoms with van der Waals surface area (Å²) in [6.45, 7) is 1.71. The normalized spacial score (nSPS) is 11.8. The summed E-state index contributed by atoms with van der Waals surface area (Å²) < 4.78 is 10.2. The summed E-state index contributed by atoms with van der Waals surface area (Å²) in [4.78, 5) is 22.8. The molecular weight excluding hydrogens is 284 g/mol. The van der Waals surface area contributed by atoms with E-state index in [4.69, 9.17) is 26.2 Å². The molecule has 0 bridgehead atoms. The van der Waals surface area contributed by atoms with E-state index in [9.17, 15) is 9.59 Å². The van der Waals surface area contributed by atoms with Gasteiger partial charge in [-0.2, -0.15) is 0 Å². The molecule has 1 aromatic carbocycles. The van der Waals surface area contributed by atoms with Crippen molar-refractivity contribution in [2.24, 2.45) is 5.92 Å². The van der Waals surface area contributed by atoms with Crippen molar-refractivity contribution in [3.63, 3.8) is 0 Å². The lowest BCUT2D eigenvalue weighted by Crippen LogP contribution is -2.11. The van der Waals surface area contributed by atoms with Crippen molar-refractivity contribution < 1.29 is 24.2 Å². The number of hydrogen-bond donors (Lipinski definition) is 1. The maximum absolute atomic E-state index is 12.2. The molecule has 0 heterocycles. The highest BCUT2D eigenvalue weighted by molar-refractivity contribution is 6.34. The smallest absolute Gasteiger partial charge is 0.303 e. The van der Waals surface area contributed by atoms with Crippen LogP contribution in [0.2, 0.25) is 5.02 Å². The number of aliphatic carboxylic acids is 1. The fourth-order valence-electron chi connectivity index (χ4n) is 1.86. The van der Waals surface area contributed by atoms with Crippen LogP contribution in [-0.2, 0) is 4.79 Å². The SMILES string of the molecule is COc1cc(Cl)c(C(=O)CC(C)CC(=O)O)cc1OC. The van der Waals surface area contributed by atoms with Crippen molar-refractivity contribution in [2.75, 3.05) is 14.2 Å². The molecule has 20 heavy (non-hydrogen) atoms. The molecule has 110 valence electrons. The van der Waals surface area contributed by atoms with Crippen LogP contribution in [0.4, 0.5) is 0 Å². The molecule has 0 radical (unpaired) electrons. The van der Waals surface area contributed by atoms with Gasteiger partial charge in [-0.15, -0.1) is 0 Å². The van der Waals surface area contributed by atoms with Gasteiger partial charge < -0.3 is 14.6 Å². The molecule has 0 aliphatic heterocycles. The molecule has 0 aromatic heterocycles. The van der Waals surface area contributed by atoms with E-state index in [0.717, 1.165) is 0 Å². The molecule has 0 fully saturated rings. The van der Waals surface area contributed by atoms with E-state index >= 15 is 0 Å². The second-order valence-electron chi connectivity index (χ2n) is 4.52. The van der Waals surface area contributed by atoms with Crippen LogP contribution in [0, 0.1) is 5.92 Å². The van der Waals surface area contributed by atoms with E-state index in [1.54, 1.807) is 6.92 Å². The number of hydrogen-bond acceptors (Lipinski definition) is 4. The predicted molar refractivity (Wildman–Crippen MR) is 74.9 cm³/mol. The monoisotopic (exact) mass is 300 g/mol. The van der Waals surface area contributed by atoms with Crippen LogP contribution in [0.25, 0.3) is 0 Å². The molecule has 1 rings (SSSR count). The van der Waals surface area contributed by atoms with Gasteiger partial charge >= 0.3 is 5.97 Å². The summed E-state index contributed by atoms with van der Waals surface area (Å²) in [5.74, 6) is -0.559. The number of rotatable bonds is 7. The Balaban J connectivity index is 2.95. The van der Waals surface area contributed by atoms with Crippen molar-refractivity contribution in [3.8, 4) is 11.5 Å². The van der Waals surface area contributed by atoms with Gasteiger partial charge in [0.1, 0.15) is 0 Å². The van der Waals surface area contributed by atoms with Crippen molar-refractivity contribution in [2.45, 2.75) is 19.8 Å². The number of methoxy groups -OCH3 is 2. The second kappa shape index (κ2) is 7.14. The summed E-state index contributed by atoms with van der Waals surface area (Å²) >= 11 is 6.05. The Morgan fingerprint density at radius 1 is 1.20 bits per heavy atom. The molecule has 1 unspecified atom stereocenters. The summed E-state index contributed by atoms with van der Waals surface area (Å²) in [6, 6.07) is 3.02. The average Bonchev–Trinajstić information content (AvgIpc) is 2.36. The first-order valence-electron chi connectivity index (χ1n) is 6.05. The highest BCUT2D eigenvalue weighted by Crippen LogP contribution is 2.34. The van der Waals surface area contributed by atoms with E-state index < -0.39 is 5.97 Å². The average molecular weight is 301 g/mol. The molecule has 6 heteroatoms. The van der Waals surface area contributed by atoms with Crippen molar-refractivity contribution in [1.82, 2.24) is 0 Å². The van der Waals surface area contributed by atoms with Gasteiger partial charge in [0.05, 0.1) is 19.2 Å². The van der Waals surface area contributed by atoms with Crippen molar-refractivity contribution in [3.05, 3.63) is 22.7 Å². The van der Waals surface area contributed by atoms with Gasteiger partial charge in [0.2, 0.25) is 0 Å². The van der Waals surface area contributed by atoms with Crippen LogP contribution >= 0.6 is 11.6 Å². The maximum atomic E-state index is 12.2. The number of benzene rings is 1. The molecule has 0 saturated carbocycles. The van der Waals surface area contributed by atoms with E-state index in [-0.39, 0.29) is 29.6 Å². The van der Waals surface area contributed by atoms with Crippen LogP contribution in [-0.4, -0.2) is 31.1 Å². The largest absolute Gasteiger partial charge is 0.493 e. The van der Waals surface area contributed by atoms with Gasteiger partial charge in [-0.3, -0.25) is 9.59 Å². The van der Waals surface area contributed by atoms with Gasteiger partial charge in [-0.25, -0.2) is 0 Å². The topological polar surface area (TPSA) is 72.8 Å². The van der Waals surface area contributed by atoms with Crippen LogP contribution in [0.5, 0.6) is 11.5 Å². The third-order valence-electron chi connectivity index (χ3n) is 2.83. The molecule has 1 N–H and O–H groups in total. The molecule has 0 amide bonds. The maximum Gasteiger partial charge on any atom is 0.303 e. The van der Waals surface area contributed by atoms with Crippen LogP contribution in [0.15, 0.2) is 12.1 Å². The molecule has 1 aromatic rings. The predicted octanol–water partition coefficient (Wildman–Crippen LogP) is 3.04. The molecule has 1 atom stereocenters. The lowest BCUT2D eigenvalue weighted by Gasteiger charge is -2.12. The van der Waals surface area contributed by atoms with Gasteiger partial charge in [-0.05, 0) is 12.0 Å². The van der Waals surface area contributed by atoms with Gasteiger partial charge in [-0.1, -0.05) is 18.5 Å². The molecule has 0 saturated heterocycles. The van der Waals surface area contributed by atoms with Gasteiger partial charge in [0.25, 0.3) is 0 Å². The summed E-state index contributed by atoms with van der Waals surface area (Å²) in [7, 11) is 2.94. The molecule has 5 nitrogen and oxygen atoms in total. The quantitative estimate of drug-likeness (QED) is 0.784. The third-order valence-corrected chi connectivity index (χ3v) is 3.14. The number of ether oxygens (including phenoxy) is 2. The fourth-order valence-corrected chi connectivity index (χ4v) is 2.12. The Hall–Kier alpha value is -1.75. The lowest BCUT2D eigenvalue weighted by atomic mass is 9.97. The number of carboxylic acid groups (broad SMARTS) is 1. The minimum Gasteiger partial charge on any atom is -0.493 e. The Morgan fingerprint density at radius 2 is 1.75 bits per heavy atom. The standard InChI is InChI=1S/C14H17ClO5/c1-8(5-14(17)18)4-11(16)9-6-12(19-2)13(20-3)7-10(9)15/h6-8H,4-5H2,1-3H3,(H,17,18). The molecular formula is C14H17ClO5. The van der Waals surface area contributed by atoms with Crippen LogP contribution in [0.3, 0.4) is 0 Å². The van der Waals surface area contributed by atoms with Crippen molar-refractivity contribution in [1.29, 1.82) is 0 Å². The summed E-state index contributed by atoms with van der Waals surface area (Å²) in [6.07, 6.45) is 0.0537. The molecule has 0 aliphatic carbocycles.